The van der Waals surface area contributed by atoms with Gasteiger partial charge in [0.05, 0.1) is 150 Å². The Bertz CT molecular complexity index is 3480. The van der Waals surface area contributed by atoms with Crippen molar-refractivity contribution in [2.24, 2.45) is 0 Å². The van der Waals surface area contributed by atoms with Gasteiger partial charge in [-0.3, -0.25) is 0 Å². The average molecular weight is 1980 g/mol. The smallest absolute Gasteiger partial charge is 0.346 e. The first-order chi connectivity index (χ1) is 49.3. The summed E-state index contributed by atoms with van der Waals surface area (Å²) >= 11 is 51.1. The SMILES string of the molecule is COC(=O)C1=C(C(=O)OC)SC(=C2SC(SC)=C(SCSC3=C(SCSC4=C(SC)SC(=C5SC(C(=O)OC)=C(C(=O)OC)S5)S4)SC(=C4SC(SCSC5=C(SC)SC(=C6SC(C(=O)OC)=C(C(=O)OC)S6)S5)=C(SCSC5=C(SC)SC(=C6SC(C(=O)OC)=C(C(=O)OC)S6)S5)S4)S3)S2)S1. The Balaban J connectivity index is 0.889. The normalized spacial score (nSPS) is 19.7. The summed E-state index contributed by atoms with van der Waals surface area (Å²) in [7, 11) is 10.4. The molecule has 0 bridgehead atoms. The van der Waals surface area contributed by atoms with Gasteiger partial charge in [-0.25, -0.2) is 38.4 Å². The monoisotopic (exact) mass is 1970 g/mol. The van der Waals surface area contributed by atoms with Crippen LogP contribution in [0.15, 0.2) is 132 Å². The molecule has 102 heavy (non-hydrogen) atoms. The van der Waals surface area contributed by atoms with E-state index in [1.54, 1.807) is 282 Å². The summed E-state index contributed by atoms with van der Waals surface area (Å²) in [6.07, 6.45) is 8.21. The van der Waals surface area contributed by atoms with E-state index in [1.165, 1.54) is 176 Å². The van der Waals surface area contributed by atoms with E-state index in [0.717, 1.165) is 67.8 Å². The van der Waals surface area contributed by atoms with Crippen LogP contribution in [0, 0.1) is 0 Å². The Morgan fingerprint density at radius 2 is 0.304 bits per heavy atom. The van der Waals surface area contributed by atoms with Crippen molar-refractivity contribution in [3.8, 4) is 0 Å². The van der Waals surface area contributed by atoms with E-state index < -0.39 is 47.8 Å². The summed E-state index contributed by atoms with van der Waals surface area (Å²) in [5, 5.41) is 2.81. The average Bonchev–Trinajstić information content (AvgIpc) is 1.67. The lowest BCUT2D eigenvalue weighted by molar-refractivity contribution is -0.138. The van der Waals surface area contributed by atoms with Crippen LogP contribution in [0.4, 0.5) is 0 Å². The van der Waals surface area contributed by atoms with Crippen LogP contribution in [0.1, 0.15) is 0 Å². The standard InChI is InChI=1S/C54H44O16S32/c1-63-25(55)17-18(26(56)64-2)84-45(83-17)49-91-33(71-9)37(95-49)75-13-79-41-42(80-14-76-38-34(72-10)92-50(96-38)46-85-19(27(57)65-3)20(86-46)28(58)66-4)100-53(99-41)54-101-43(81-15-77-39-35(73-11)93-51(97-39)47-87-21(29(59)67-5)22(88-47)30(60)68-6)44(102-54)82-16-78-40-36(74-12)94-52(98-40)48-89-23(31(61)69-7)24(90-48)32(62)70-8/h13-16H2,1-12H3. The van der Waals surface area contributed by atoms with Crippen molar-refractivity contribution in [2.45, 2.75) is 0 Å². The van der Waals surface area contributed by atoms with E-state index in [2.05, 4.69) is 25.0 Å². The van der Waals surface area contributed by atoms with Crippen LogP contribution < -0.4 is 0 Å². The van der Waals surface area contributed by atoms with Crippen LogP contribution in [0.5, 0.6) is 0 Å². The molecule has 0 aromatic heterocycles. The number of methoxy groups -OCH3 is 8. The van der Waals surface area contributed by atoms with Gasteiger partial charge in [0, 0.05) is 20.3 Å². The minimum Gasteiger partial charge on any atom is -0.465 e. The highest BCUT2D eigenvalue weighted by Gasteiger charge is 2.42. The van der Waals surface area contributed by atoms with Crippen LogP contribution in [-0.4, -0.2) is 150 Å². The Labute approximate surface area is 724 Å². The fourth-order valence-electron chi connectivity index (χ4n) is 7.23. The zero-order valence-corrected chi connectivity index (χ0v) is 79.6. The van der Waals surface area contributed by atoms with E-state index >= 15 is 0 Å². The molecular formula is C54H44O16S32. The number of thioether (sulfide) groups is 32. The number of carbonyl (C=O) groups is 8. The lowest BCUT2D eigenvalue weighted by atomic mass is 10.5. The first kappa shape index (κ1) is 87.4. The highest BCUT2D eigenvalue weighted by molar-refractivity contribution is 8.50. The van der Waals surface area contributed by atoms with Gasteiger partial charge in [-0.2, -0.15) is 0 Å². The van der Waals surface area contributed by atoms with Gasteiger partial charge in [-0.15, -0.1) is 141 Å². The Morgan fingerprint density at radius 1 is 0.196 bits per heavy atom. The highest BCUT2D eigenvalue weighted by Crippen LogP contribution is 2.72. The molecule has 48 heteroatoms. The van der Waals surface area contributed by atoms with E-state index in [4.69, 9.17) is 37.9 Å². The van der Waals surface area contributed by atoms with Crippen LogP contribution in [0.2, 0.25) is 0 Å². The molecule has 10 heterocycles. The first-order valence-electron chi connectivity index (χ1n) is 26.8. The number of hydrogen-bond donors (Lipinski definition) is 0. The lowest BCUT2D eigenvalue weighted by Crippen LogP contribution is -2.08. The number of rotatable bonds is 28. The molecule has 0 radical (unpaired) electrons. The summed E-state index contributed by atoms with van der Waals surface area (Å²) in [5.41, 5.74) is 0. The number of hydrogen-bond acceptors (Lipinski definition) is 48. The van der Waals surface area contributed by atoms with Gasteiger partial charge in [0.25, 0.3) is 0 Å². The summed E-state index contributed by atoms with van der Waals surface area (Å²) in [5.74, 6) is -4.70. The molecule has 0 unspecified atom stereocenters. The topological polar surface area (TPSA) is 210 Å². The van der Waals surface area contributed by atoms with E-state index in [0.29, 0.717) is 20.3 Å². The molecule has 0 aromatic rings. The highest BCUT2D eigenvalue weighted by atomic mass is 32.3. The summed E-state index contributed by atoms with van der Waals surface area (Å²) in [6.45, 7) is 0. The molecule has 0 aliphatic carbocycles. The summed E-state index contributed by atoms with van der Waals surface area (Å²) < 4.78 is 63.8. The van der Waals surface area contributed by atoms with Crippen molar-refractivity contribution in [3.63, 3.8) is 0 Å². The molecule has 0 amide bonds. The predicted octanol–water partition coefficient (Wildman–Crippen LogP) is 23.6. The molecule has 10 aliphatic heterocycles. The van der Waals surface area contributed by atoms with Crippen molar-refractivity contribution < 1.29 is 76.3 Å². The van der Waals surface area contributed by atoms with Gasteiger partial charge in [0.1, 0.15) is 39.2 Å². The molecule has 0 spiro atoms. The molecular weight excluding hydrogens is 1930 g/mol. The third-order valence-corrected chi connectivity index (χ3v) is 57.6. The summed E-state index contributed by atoms with van der Waals surface area (Å²) in [4.78, 5) is 104. The van der Waals surface area contributed by atoms with Crippen LogP contribution >= 0.6 is 376 Å². The third kappa shape index (κ3) is 21.6. The molecule has 0 saturated carbocycles. The van der Waals surface area contributed by atoms with Gasteiger partial charge in [0.15, 0.2) is 0 Å². The minimum atomic E-state index is -0.588. The van der Waals surface area contributed by atoms with E-state index in [-0.39, 0.29) is 39.2 Å². The third-order valence-electron chi connectivity index (χ3n) is 11.7. The molecule has 16 nitrogen and oxygen atoms in total. The van der Waals surface area contributed by atoms with Gasteiger partial charge >= 0.3 is 47.8 Å². The molecule has 10 rings (SSSR count). The Morgan fingerprint density at radius 3 is 0.422 bits per heavy atom. The van der Waals surface area contributed by atoms with E-state index in [9.17, 15) is 38.4 Å². The van der Waals surface area contributed by atoms with Crippen LogP contribution in [0.25, 0.3) is 0 Å². The van der Waals surface area contributed by atoms with Gasteiger partial charge in [0.2, 0.25) is 0 Å². The maximum absolute atomic E-state index is 12.8. The van der Waals surface area contributed by atoms with Crippen molar-refractivity contribution in [2.75, 3.05) is 102 Å². The van der Waals surface area contributed by atoms with Gasteiger partial charge < -0.3 is 37.9 Å². The van der Waals surface area contributed by atoms with E-state index in [1.807, 2.05) is 0 Å². The van der Waals surface area contributed by atoms with Gasteiger partial charge in [-0.05, 0) is 25.0 Å². The summed E-state index contributed by atoms with van der Waals surface area (Å²) in [6, 6.07) is 0. The second kappa shape index (κ2) is 42.6. The molecule has 548 valence electrons. The quantitative estimate of drug-likeness (QED) is 0.0405. The second-order valence-electron chi connectivity index (χ2n) is 17.4. The largest absolute Gasteiger partial charge is 0.465 e. The molecule has 0 saturated heterocycles. The minimum absolute atomic E-state index is 0.213. The second-order valence-corrected chi connectivity index (χ2v) is 56.1. The Hall–Kier alpha value is 3.06. The number of carbonyl (C=O) groups excluding carboxylic acids is 8. The Kier molecular flexibility index (Phi) is 36.5. The van der Waals surface area contributed by atoms with Crippen molar-refractivity contribution in [1.82, 2.24) is 0 Å². The van der Waals surface area contributed by atoms with Crippen LogP contribution in [0.3, 0.4) is 0 Å². The zero-order chi connectivity index (χ0) is 73.1. The molecule has 0 N–H and O–H groups in total. The molecule has 10 aliphatic rings. The number of ether oxygens (including phenoxy) is 8. The lowest BCUT2D eigenvalue weighted by Gasteiger charge is -2.07. The fraction of sp³-hybridized carbons (Fsp3) is 0.296. The molecule has 0 atom stereocenters. The first-order valence-corrected chi connectivity index (χ1v) is 56.0. The van der Waals surface area contributed by atoms with Crippen LogP contribution in [-0.2, 0) is 76.3 Å². The predicted molar refractivity (Wildman–Crippen MR) is 488 cm³/mol. The zero-order valence-electron chi connectivity index (χ0n) is 53.4. The molecule has 0 fully saturated rings. The van der Waals surface area contributed by atoms with Crippen molar-refractivity contribution in [3.05, 3.63) is 132 Å². The fourth-order valence-corrected chi connectivity index (χ4v) is 54.2. The van der Waals surface area contributed by atoms with Gasteiger partial charge in [-0.1, -0.05) is 235 Å². The maximum atomic E-state index is 12.8. The molecule has 0 aromatic carbocycles. The number of esters is 8. The van der Waals surface area contributed by atoms with Crippen molar-refractivity contribution in [1.29, 1.82) is 0 Å². The maximum Gasteiger partial charge on any atom is 0.346 e. The van der Waals surface area contributed by atoms with Crippen molar-refractivity contribution >= 4 is 424 Å².